The maximum Gasteiger partial charge on any atom is 0.349 e. The van der Waals surface area contributed by atoms with Crippen molar-refractivity contribution >= 4 is 38.9 Å². The monoisotopic (exact) mass is 426 g/mol. The van der Waals surface area contributed by atoms with Crippen LogP contribution in [0.15, 0.2) is 57.1 Å². The molecule has 0 spiro atoms. The highest BCUT2D eigenvalue weighted by Gasteiger charge is 2.19. The number of nitrogens with one attached hydrogen (secondary N) is 2. The van der Waals surface area contributed by atoms with Crippen LogP contribution in [-0.2, 0) is 10.0 Å². The number of H-pyrrole nitrogens is 1. The molecule has 11 heteroatoms. The van der Waals surface area contributed by atoms with Crippen LogP contribution in [-0.4, -0.2) is 23.2 Å². The molecule has 2 N–H and O–H groups in total. The molecule has 3 rings (SSSR count). The molecule has 0 aliphatic carbocycles. The summed E-state index contributed by atoms with van der Waals surface area (Å²) in [5.41, 5.74) is -0.146. The number of aromatic nitrogens is 3. The van der Waals surface area contributed by atoms with E-state index in [1.165, 1.54) is 24.3 Å². The Labute approximate surface area is 163 Å². The first kappa shape index (κ1) is 19.2. The molecule has 3 aromatic rings. The van der Waals surface area contributed by atoms with Gasteiger partial charge in [0.15, 0.2) is 0 Å². The lowest BCUT2D eigenvalue weighted by atomic mass is 10.2. The second kappa shape index (κ2) is 7.18. The maximum absolute atomic E-state index is 12.6. The van der Waals surface area contributed by atoms with Crippen LogP contribution in [0.4, 0.5) is 5.69 Å². The van der Waals surface area contributed by atoms with Crippen molar-refractivity contribution in [2.75, 3.05) is 4.72 Å². The highest BCUT2D eigenvalue weighted by Crippen LogP contribution is 2.27. The minimum atomic E-state index is -4.00. The van der Waals surface area contributed by atoms with Crippen molar-refractivity contribution in [1.82, 2.24) is 14.8 Å². The number of halogens is 2. The summed E-state index contributed by atoms with van der Waals surface area (Å²) in [5, 5.41) is 3.98. The van der Waals surface area contributed by atoms with E-state index in [0.29, 0.717) is 5.02 Å². The van der Waals surface area contributed by atoms with E-state index in [-0.39, 0.29) is 21.3 Å². The molecule has 0 saturated heterocycles. The normalized spacial score (nSPS) is 11.4. The zero-order chi connectivity index (χ0) is 19.8. The van der Waals surface area contributed by atoms with Crippen LogP contribution in [0.2, 0.25) is 10.0 Å². The van der Waals surface area contributed by atoms with E-state index in [9.17, 15) is 18.0 Å². The van der Waals surface area contributed by atoms with Gasteiger partial charge in [-0.15, -0.1) is 0 Å². The third-order valence-corrected chi connectivity index (χ3v) is 5.86. The summed E-state index contributed by atoms with van der Waals surface area (Å²) in [6.45, 7) is 1.79. The fraction of sp³-hybridized carbons (Fsp3) is 0.0625. The third kappa shape index (κ3) is 4.05. The molecular formula is C16H12Cl2N4O4S. The van der Waals surface area contributed by atoms with Crippen LogP contribution >= 0.6 is 23.2 Å². The number of aryl methyl sites for hydroxylation is 1. The average Bonchev–Trinajstić information content (AvgIpc) is 2.57. The van der Waals surface area contributed by atoms with Gasteiger partial charge < -0.3 is 0 Å². The molecule has 140 valence electrons. The molecule has 0 saturated carbocycles. The van der Waals surface area contributed by atoms with Crippen LogP contribution in [0.1, 0.15) is 5.56 Å². The summed E-state index contributed by atoms with van der Waals surface area (Å²) < 4.78 is 28.5. The smallest absolute Gasteiger partial charge is 0.280 e. The van der Waals surface area contributed by atoms with Crippen LogP contribution < -0.4 is 16.0 Å². The Morgan fingerprint density at radius 1 is 1.07 bits per heavy atom. The van der Waals surface area contributed by atoms with Gasteiger partial charge in [-0.3, -0.25) is 14.5 Å². The molecule has 0 aliphatic heterocycles. The number of rotatable bonds is 4. The lowest BCUT2D eigenvalue weighted by Crippen LogP contribution is -2.30. The van der Waals surface area contributed by atoms with Gasteiger partial charge in [-0.25, -0.2) is 13.2 Å². The SMILES string of the molecule is Cc1ccc(NS(=O)(=O)c2ccc(-n3ncc(=O)[nH]c3=O)cc2Cl)cc1Cl. The topological polar surface area (TPSA) is 114 Å². The Hall–Kier alpha value is -2.62. The van der Waals surface area contributed by atoms with Gasteiger partial charge in [0.2, 0.25) is 0 Å². The molecule has 0 atom stereocenters. The standard InChI is InChI=1S/C16H12Cl2N4O4S/c1-9-2-3-10(6-12(9)17)21-27(25,26)14-5-4-11(7-13(14)18)22-16(24)20-15(23)8-19-22/h2-8,21H,1H3,(H,20,23,24). The summed E-state index contributed by atoms with van der Waals surface area (Å²) in [5.74, 6) is 0. The van der Waals surface area contributed by atoms with Crippen LogP contribution in [0.5, 0.6) is 0 Å². The zero-order valence-corrected chi connectivity index (χ0v) is 16.1. The van der Waals surface area contributed by atoms with E-state index in [1.54, 1.807) is 19.1 Å². The number of sulfonamides is 1. The summed E-state index contributed by atoms with van der Waals surface area (Å²) in [6, 6.07) is 8.57. The van der Waals surface area contributed by atoms with Crippen molar-refractivity contribution < 1.29 is 8.42 Å². The summed E-state index contributed by atoms with van der Waals surface area (Å²) in [6.07, 6.45) is 0.919. The van der Waals surface area contributed by atoms with E-state index in [1.807, 2.05) is 4.98 Å². The molecular weight excluding hydrogens is 415 g/mol. The summed E-state index contributed by atoms with van der Waals surface area (Å²) in [7, 11) is -4.00. The zero-order valence-electron chi connectivity index (χ0n) is 13.7. The first-order valence-corrected chi connectivity index (χ1v) is 9.69. The second-order valence-electron chi connectivity index (χ2n) is 5.53. The number of benzene rings is 2. The molecule has 1 heterocycles. The van der Waals surface area contributed by atoms with Crippen molar-refractivity contribution in [2.24, 2.45) is 0 Å². The Kier molecular flexibility index (Phi) is 5.09. The first-order chi connectivity index (χ1) is 12.7. The van der Waals surface area contributed by atoms with E-state index in [2.05, 4.69) is 9.82 Å². The Morgan fingerprint density at radius 3 is 2.44 bits per heavy atom. The predicted octanol–water partition coefficient (Wildman–Crippen LogP) is 2.34. The molecule has 0 bridgehead atoms. The fourth-order valence-corrected chi connectivity index (χ4v) is 4.01. The Bertz CT molecular complexity index is 1250. The molecule has 1 aromatic heterocycles. The number of aromatic amines is 1. The van der Waals surface area contributed by atoms with Gasteiger partial charge in [0, 0.05) is 5.02 Å². The molecule has 0 radical (unpaired) electrons. The van der Waals surface area contributed by atoms with Gasteiger partial charge in [-0.05, 0) is 42.8 Å². The quantitative estimate of drug-likeness (QED) is 0.664. The fourth-order valence-electron chi connectivity index (χ4n) is 2.24. The largest absolute Gasteiger partial charge is 0.349 e. The van der Waals surface area contributed by atoms with E-state index in [4.69, 9.17) is 23.2 Å². The third-order valence-electron chi connectivity index (χ3n) is 3.59. The van der Waals surface area contributed by atoms with Gasteiger partial charge in [-0.1, -0.05) is 29.3 Å². The Morgan fingerprint density at radius 2 is 1.81 bits per heavy atom. The minimum absolute atomic E-state index is 0.127. The molecule has 8 nitrogen and oxygen atoms in total. The molecule has 0 fully saturated rings. The number of hydrogen-bond acceptors (Lipinski definition) is 5. The second-order valence-corrected chi connectivity index (χ2v) is 8.00. The maximum atomic E-state index is 12.6. The lowest BCUT2D eigenvalue weighted by Gasteiger charge is -2.11. The first-order valence-electron chi connectivity index (χ1n) is 7.45. The highest BCUT2D eigenvalue weighted by atomic mass is 35.5. The predicted molar refractivity (Wildman–Crippen MR) is 102 cm³/mol. The van der Waals surface area contributed by atoms with Crippen molar-refractivity contribution in [3.63, 3.8) is 0 Å². The van der Waals surface area contributed by atoms with E-state index in [0.717, 1.165) is 16.4 Å². The van der Waals surface area contributed by atoms with Crippen LogP contribution in [0, 0.1) is 6.92 Å². The average molecular weight is 427 g/mol. The van der Waals surface area contributed by atoms with Gasteiger partial charge in [0.1, 0.15) is 11.1 Å². The van der Waals surface area contributed by atoms with E-state index < -0.39 is 21.3 Å². The Balaban J connectivity index is 1.98. The van der Waals surface area contributed by atoms with Crippen molar-refractivity contribution in [1.29, 1.82) is 0 Å². The molecule has 0 amide bonds. The van der Waals surface area contributed by atoms with Crippen LogP contribution in [0.3, 0.4) is 0 Å². The van der Waals surface area contributed by atoms with Crippen molar-refractivity contribution in [2.45, 2.75) is 11.8 Å². The van der Waals surface area contributed by atoms with Crippen LogP contribution in [0.25, 0.3) is 5.69 Å². The summed E-state index contributed by atoms with van der Waals surface area (Å²) >= 11 is 12.1. The molecule has 2 aromatic carbocycles. The molecule has 27 heavy (non-hydrogen) atoms. The number of anilines is 1. The van der Waals surface area contributed by atoms with Crippen molar-refractivity contribution in [3.8, 4) is 5.69 Å². The van der Waals surface area contributed by atoms with Gasteiger partial charge >= 0.3 is 5.69 Å². The number of nitrogens with zero attached hydrogens (tertiary/aromatic N) is 2. The van der Waals surface area contributed by atoms with E-state index >= 15 is 0 Å². The number of hydrogen-bond donors (Lipinski definition) is 2. The molecule has 0 aliphatic rings. The lowest BCUT2D eigenvalue weighted by molar-refractivity contribution is 0.601. The minimum Gasteiger partial charge on any atom is -0.280 e. The highest BCUT2D eigenvalue weighted by molar-refractivity contribution is 7.92. The van der Waals surface area contributed by atoms with Gasteiger partial charge in [0.05, 0.1) is 16.4 Å². The van der Waals surface area contributed by atoms with Gasteiger partial charge in [0.25, 0.3) is 15.6 Å². The van der Waals surface area contributed by atoms with Gasteiger partial charge in [-0.2, -0.15) is 9.78 Å². The molecule has 0 unspecified atom stereocenters. The summed E-state index contributed by atoms with van der Waals surface area (Å²) in [4.78, 5) is 24.7. The van der Waals surface area contributed by atoms with Crippen molar-refractivity contribution in [3.05, 3.63) is 79.0 Å².